The minimum Gasteiger partial charge on any atom is -0.379 e. The van der Waals surface area contributed by atoms with E-state index in [0.29, 0.717) is 12.0 Å². The summed E-state index contributed by atoms with van der Waals surface area (Å²) in [5, 5.41) is 0. The van der Waals surface area contributed by atoms with Crippen molar-refractivity contribution < 1.29 is 4.74 Å². The van der Waals surface area contributed by atoms with Crippen LogP contribution >= 0.6 is 0 Å². The number of rotatable bonds is 4. The van der Waals surface area contributed by atoms with E-state index in [2.05, 4.69) is 12.8 Å². The van der Waals surface area contributed by atoms with Gasteiger partial charge in [0.25, 0.3) is 0 Å². The molecule has 10 heavy (non-hydrogen) atoms. The van der Waals surface area contributed by atoms with Crippen LogP contribution in [0.5, 0.6) is 0 Å². The Morgan fingerprint density at radius 3 is 2.50 bits per heavy atom. The smallest absolute Gasteiger partial charge is 0.0558 e. The first-order chi connectivity index (χ1) is 4.70. The Morgan fingerprint density at radius 1 is 1.50 bits per heavy atom. The van der Waals surface area contributed by atoms with Gasteiger partial charge in [0.1, 0.15) is 0 Å². The quantitative estimate of drug-likeness (QED) is 0.543. The highest BCUT2D eigenvalue weighted by Gasteiger charge is 2.04. The van der Waals surface area contributed by atoms with Crippen LogP contribution < -0.4 is 0 Å². The van der Waals surface area contributed by atoms with E-state index in [1.807, 2.05) is 13.8 Å². The maximum atomic E-state index is 5.32. The van der Waals surface area contributed by atoms with Crippen LogP contribution in [0.1, 0.15) is 27.2 Å². The Balaban J connectivity index is 3.39. The van der Waals surface area contributed by atoms with Gasteiger partial charge in [0.15, 0.2) is 0 Å². The molecule has 1 heteroatoms. The molecule has 0 aliphatic heterocycles. The second kappa shape index (κ2) is 5.32. The van der Waals surface area contributed by atoms with E-state index >= 15 is 0 Å². The molecular formula is C9H16O. The van der Waals surface area contributed by atoms with E-state index in [4.69, 9.17) is 11.2 Å². The van der Waals surface area contributed by atoms with Gasteiger partial charge in [0.05, 0.1) is 6.10 Å². The third-order valence-electron chi connectivity index (χ3n) is 1.42. The van der Waals surface area contributed by atoms with Crippen LogP contribution in [0.4, 0.5) is 0 Å². The lowest BCUT2D eigenvalue weighted by Crippen LogP contribution is -2.11. The van der Waals surface area contributed by atoms with Crippen molar-refractivity contribution in [1.29, 1.82) is 0 Å². The normalized spacial score (nSPS) is 15.8. The highest BCUT2D eigenvalue weighted by Crippen LogP contribution is 2.06. The van der Waals surface area contributed by atoms with Crippen LogP contribution in [0.25, 0.3) is 0 Å². The van der Waals surface area contributed by atoms with E-state index in [9.17, 15) is 0 Å². The van der Waals surface area contributed by atoms with Gasteiger partial charge >= 0.3 is 0 Å². The van der Waals surface area contributed by atoms with Gasteiger partial charge in [-0.15, -0.1) is 12.3 Å². The van der Waals surface area contributed by atoms with Gasteiger partial charge in [0, 0.05) is 12.5 Å². The molecule has 0 amide bonds. The van der Waals surface area contributed by atoms with Gasteiger partial charge in [-0.05, 0) is 20.3 Å². The molecule has 1 nitrogen and oxygen atoms in total. The molecule has 0 saturated carbocycles. The van der Waals surface area contributed by atoms with E-state index < -0.39 is 0 Å². The molecule has 0 fully saturated rings. The van der Waals surface area contributed by atoms with Crippen molar-refractivity contribution in [3.05, 3.63) is 0 Å². The van der Waals surface area contributed by atoms with Crippen LogP contribution in [0.3, 0.4) is 0 Å². The second-order valence-electron chi connectivity index (χ2n) is 2.57. The van der Waals surface area contributed by atoms with Crippen LogP contribution in [-0.4, -0.2) is 12.7 Å². The number of ether oxygens (including phenoxy) is 1. The summed E-state index contributed by atoms with van der Waals surface area (Å²) in [5.41, 5.74) is 0. The minimum absolute atomic E-state index is 0.302. The molecule has 0 rings (SSSR count). The Morgan fingerprint density at radius 2 is 2.10 bits per heavy atom. The average molecular weight is 140 g/mol. The van der Waals surface area contributed by atoms with E-state index in [1.165, 1.54) is 0 Å². The summed E-state index contributed by atoms with van der Waals surface area (Å²) in [6, 6.07) is 0. The molecule has 2 atom stereocenters. The fourth-order valence-corrected chi connectivity index (χ4v) is 0.918. The van der Waals surface area contributed by atoms with Gasteiger partial charge in [-0.25, -0.2) is 0 Å². The monoisotopic (exact) mass is 140 g/mol. The zero-order chi connectivity index (χ0) is 7.98. The summed E-state index contributed by atoms with van der Waals surface area (Å²) in [6.45, 7) is 6.86. The fraction of sp³-hybridized carbons (Fsp3) is 0.778. The van der Waals surface area contributed by atoms with Gasteiger partial charge in [-0.2, -0.15) is 0 Å². The summed E-state index contributed by atoms with van der Waals surface area (Å²) in [4.78, 5) is 0. The van der Waals surface area contributed by atoms with E-state index in [1.54, 1.807) is 0 Å². The third-order valence-corrected chi connectivity index (χ3v) is 1.42. The van der Waals surface area contributed by atoms with Crippen molar-refractivity contribution in [3.63, 3.8) is 0 Å². The zero-order valence-electron chi connectivity index (χ0n) is 7.05. The van der Waals surface area contributed by atoms with Crippen molar-refractivity contribution in [1.82, 2.24) is 0 Å². The number of terminal acetylenes is 1. The summed E-state index contributed by atoms with van der Waals surface area (Å²) >= 11 is 0. The van der Waals surface area contributed by atoms with Crippen molar-refractivity contribution in [2.75, 3.05) is 6.61 Å². The highest BCUT2D eigenvalue weighted by molar-refractivity contribution is 4.90. The zero-order valence-corrected chi connectivity index (χ0v) is 7.05. The average Bonchev–Trinajstić information content (AvgIpc) is 1.88. The summed E-state index contributed by atoms with van der Waals surface area (Å²) in [5.74, 6) is 3.01. The molecule has 0 radical (unpaired) electrons. The molecule has 0 aliphatic carbocycles. The Bertz CT molecular complexity index is 112. The Kier molecular flexibility index (Phi) is 5.06. The van der Waals surface area contributed by atoms with Crippen LogP contribution in [0, 0.1) is 18.3 Å². The van der Waals surface area contributed by atoms with Gasteiger partial charge in [0.2, 0.25) is 0 Å². The highest BCUT2D eigenvalue weighted by atomic mass is 16.5. The third kappa shape index (κ3) is 4.40. The molecule has 0 bridgehead atoms. The maximum absolute atomic E-state index is 5.32. The summed E-state index contributed by atoms with van der Waals surface area (Å²) in [7, 11) is 0. The van der Waals surface area contributed by atoms with Gasteiger partial charge < -0.3 is 4.74 Å². The summed E-state index contributed by atoms with van der Waals surface area (Å²) in [6.07, 6.45) is 6.48. The molecule has 0 spiro atoms. The number of hydrogen-bond donors (Lipinski definition) is 0. The lowest BCUT2D eigenvalue weighted by molar-refractivity contribution is 0.0646. The van der Waals surface area contributed by atoms with Gasteiger partial charge in [-0.1, -0.05) is 6.92 Å². The van der Waals surface area contributed by atoms with E-state index in [-0.39, 0.29) is 0 Å². The molecule has 0 aromatic rings. The molecular weight excluding hydrogens is 124 g/mol. The van der Waals surface area contributed by atoms with Crippen molar-refractivity contribution in [2.24, 2.45) is 5.92 Å². The standard InChI is InChI=1S/C9H16O/c1-5-8(3)7-9(4)10-6-2/h1,8-9H,6-7H2,2-4H3. The molecule has 0 heterocycles. The Labute approximate surface area is 63.8 Å². The first kappa shape index (κ1) is 9.52. The van der Waals surface area contributed by atoms with Gasteiger partial charge in [-0.3, -0.25) is 0 Å². The second-order valence-corrected chi connectivity index (χ2v) is 2.57. The maximum Gasteiger partial charge on any atom is 0.0558 e. The number of hydrogen-bond acceptors (Lipinski definition) is 1. The first-order valence-corrected chi connectivity index (χ1v) is 3.78. The van der Waals surface area contributed by atoms with Crippen molar-refractivity contribution in [3.8, 4) is 12.3 Å². The molecule has 58 valence electrons. The Hall–Kier alpha value is -0.480. The molecule has 0 saturated heterocycles. The molecule has 0 N–H and O–H groups in total. The molecule has 0 aliphatic rings. The van der Waals surface area contributed by atoms with Crippen molar-refractivity contribution in [2.45, 2.75) is 33.3 Å². The minimum atomic E-state index is 0.302. The predicted octanol–water partition coefficient (Wildman–Crippen LogP) is 2.07. The van der Waals surface area contributed by atoms with Crippen molar-refractivity contribution >= 4 is 0 Å². The molecule has 2 unspecified atom stereocenters. The van der Waals surface area contributed by atoms with Crippen LogP contribution in [0.2, 0.25) is 0 Å². The fourth-order valence-electron chi connectivity index (χ4n) is 0.918. The lowest BCUT2D eigenvalue weighted by atomic mass is 10.1. The topological polar surface area (TPSA) is 9.23 Å². The van der Waals surface area contributed by atoms with Crippen LogP contribution in [0.15, 0.2) is 0 Å². The summed E-state index contributed by atoms with van der Waals surface area (Å²) < 4.78 is 5.32. The lowest BCUT2D eigenvalue weighted by Gasteiger charge is -2.12. The predicted molar refractivity (Wildman–Crippen MR) is 43.7 cm³/mol. The first-order valence-electron chi connectivity index (χ1n) is 3.78. The largest absolute Gasteiger partial charge is 0.379 e. The van der Waals surface area contributed by atoms with E-state index in [0.717, 1.165) is 13.0 Å². The molecule has 0 aromatic carbocycles. The molecule has 0 aromatic heterocycles. The van der Waals surface area contributed by atoms with Crippen LogP contribution in [-0.2, 0) is 4.74 Å². The SMILES string of the molecule is C#CC(C)CC(C)OCC.